The summed E-state index contributed by atoms with van der Waals surface area (Å²) in [5.41, 5.74) is 1.82. The molecule has 138 valence electrons. The molecule has 1 atom stereocenters. The van der Waals surface area contributed by atoms with Crippen LogP contribution in [0.4, 0.5) is 11.4 Å². The number of anilines is 2. The Labute approximate surface area is 154 Å². The van der Waals surface area contributed by atoms with E-state index in [2.05, 4.69) is 10.6 Å². The molecule has 1 aromatic rings. The minimum atomic E-state index is -0.148. The maximum absolute atomic E-state index is 13.2. The summed E-state index contributed by atoms with van der Waals surface area (Å²) >= 11 is 0. The molecule has 5 nitrogen and oxygen atoms in total. The van der Waals surface area contributed by atoms with Gasteiger partial charge in [-0.1, -0.05) is 12.1 Å². The van der Waals surface area contributed by atoms with Crippen LogP contribution in [0.1, 0.15) is 45.4 Å². The Bertz CT molecular complexity index is 724. The Balaban J connectivity index is 1.36. The molecule has 1 aromatic carbocycles. The number of hydrogen-bond acceptors (Lipinski definition) is 2. The van der Waals surface area contributed by atoms with E-state index in [-0.39, 0.29) is 29.9 Å². The molecule has 0 saturated heterocycles. The Hall–Kier alpha value is -1.88. The van der Waals surface area contributed by atoms with Crippen LogP contribution in [0.15, 0.2) is 24.3 Å². The third-order valence-electron chi connectivity index (χ3n) is 7.12. The van der Waals surface area contributed by atoms with Crippen LogP contribution in [0.3, 0.4) is 0 Å². The molecule has 1 heterocycles. The number of nitrogens with two attached hydrogens (primary N) is 1. The van der Waals surface area contributed by atoms with E-state index >= 15 is 0 Å². The van der Waals surface area contributed by atoms with Gasteiger partial charge in [0.15, 0.2) is 6.04 Å². The van der Waals surface area contributed by atoms with Gasteiger partial charge in [-0.3, -0.25) is 14.5 Å². The second-order valence-electron chi connectivity index (χ2n) is 9.22. The van der Waals surface area contributed by atoms with E-state index < -0.39 is 0 Å². The van der Waals surface area contributed by atoms with Crippen molar-refractivity contribution >= 4 is 23.2 Å². The Morgan fingerprint density at radius 1 is 1.15 bits per heavy atom. The van der Waals surface area contributed by atoms with Gasteiger partial charge in [0.25, 0.3) is 5.91 Å². The predicted molar refractivity (Wildman–Crippen MR) is 99.7 cm³/mol. The van der Waals surface area contributed by atoms with E-state index in [1.807, 2.05) is 31.2 Å². The molecule has 0 spiro atoms. The van der Waals surface area contributed by atoms with Crippen molar-refractivity contribution in [3.05, 3.63) is 24.3 Å². The number of benzene rings is 1. The van der Waals surface area contributed by atoms with Crippen molar-refractivity contribution in [3.63, 3.8) is 0 Å². The van der Waals surface area contributed by atoms with Gasteiger partial charge in [0, 0.05) is 19.3 Å². The molecule has 4 fully saturated rings. The number of carbonyl (C=O) groups excluding carboxylic acids is 2. The van der Waals surface area contributed by atoms with E-state index in [1.165, 1.54) is 38.5 Å². The van der Waals surface area contributed by atoms with Gasteiger partial charge in [-0.25, -0.2) is 0 Å². The number of quaternary nitrogens is 1. The van der Waals surface area contributed by atoms with Crippen molar-refractivity contribution in [2.45, 2.75) is 57.0 Å². The number of nitrogens with one attached hydrogen (secondary N) is 1. The Morgan fingerprint density at radius 3 is 2.42 bits per heavy atom. The number of hydrogen-bond donors (Lipinski definition) is 2. The first-order valence-corrected chi connectivity index (χ1v) is 10.1. The summed E-state index contributed by atoms with van der Waals surface area (Å²) < 4.78 is 0. The normalized spacial score (nSPS) is 35.8. The molecule has 4 aliphatic carbocycles. The summed E-state index contributed by atoms with van der Waals surface area (Å²) in [4.78, 5) is 27.0. The van der Waals surface area contributed by atoms with Gasteiger partial charge in [0.05, 0.1) is 16.9 Å². The maximum atomic E-state index is 13.2. The zero-order valence-corrected chi connectivity index (χ0v) is 15.4. The molecule has 4 bridgehead atoms. The Morgan fingerprint density at radius 2 is 1.77 bits per heavy atom. The number of rotatable bonds is 3. The third-order valence-corrected chi connectivity index (χ3v) is 7.12. The van der Waals surface area contributed by atoms with Crippen molar-refractivity contribution in [3.8, 4) is 0 Å². The fourth-order valence-electron chi connectivity index (χ4n) is 6.66. The molecule has 5 heteroatoms. The third kappa shape index (κ3) is 2.64. The number of amides is 2. The van der Waals surface area contributed by atoms with Crippen LogP contribution in [0, 0.1) is 17.8 Å². The molecule has 0 aromatic heterocycles. The van der Waals surface area contributed by atoms with Crippen LogP contribution in [0.25, 0.3) is 0 Å². The van der Waals surface area contributed by atoms with Crippen molar-refractivity contribution in [2.75, 3.05) is 16.8 Å². The first kappa shape index (κ1) is 16.3. The summed E-state index contributed by atoms with van der Waals surface area (Å²) in [7, 11) is 0. The second-order valence-corrected chi connectivity index (χ2v) is 9.22. The monoisotopic (exact) mass is 354 g/mol. The Kier molecular flexibility index (Phi) is 3.64. The first-order valence-electron chi connectivity index (χ1n) is 10.1. The lowest BCUT2D eigenvalue weighted by atomic mass is 9.53. The number of carbonyl (C=O) groups is 2. The van der Waals surface area contributed by atoms with Gasteiger partial charge in [-0.05, 0) is 56.1 Å². The molecule has 0 radical (unpaired) electrons. The van der Waals surface area contributed by atoms with Crippen LogP contribution in [0.5, 0.6) is 0 Å². The van der Waals surface area contributed by atoms with E-state index in [0.29, 0.717) is 0 Å². The quantitative estimate of drug-likeness (QED) is 0.871. The number of nitrogens with zero attached hydrogens (tertiary/aromatic N) is 1. The summed E-state index contributed by atoms with van der Waals surface area (Å²) in [6.45, 7) is 2.14. The van der Waals surface area contributed by atoms with Gasteiger partial charge < -0.3 is 10.6 Å². The molecule has 26 heavy (non-hydrogen) atoms. The molecule has 4 saturated carbocycles. The van der Waals surface area contributed by atoms with Crippen LogP contribution >= 0.6 is 0 Å². The fraction of sp³-hybridized carbons (Fsp3) is 0.619. The summed E-state index contributed by atoms with van der Waals surface area (Å²) in [6.07, 6.45) is 8.05. The molecule has 3 N–H and O–H groups in total. The van der Waals surface area contributed by atoms with E-state index in [1.54, 1.807) is 4.90 Å². The molecule has 6 rings (SSSR count). The van der Waals surface area contributed by atoms with Crippen molar-refractivity contribution < 1.29 is 14.9 Å². The maximum Gasteiger partial charge on any atom is 0.285 e. The zero-order chi connectivity index (χ0) is 17.9. The number of para-hydroxylation sites is 2. The minimum absolute atomic E-state index is 0.0584. The predicted octanol–water partition coefficient (Wildman–Crippen LogP) is 1.89. The highest BCUT2D eigenvalue weighted by Gasteiger charge is 2.54. The highest BCUT2D eigenvalue weighted by atomic mass is 16.2. The molecular weight excluding hydrogens is 326 g/mol. The van der Waals surface area contributed by atoms with Crippen LogP contribution in [0.2, 0.25) is 0 Å². The SMILES string of the molecule is C[C@H]([NH2+]C12CC3CC(CC(C3)C1)C2)C(=O)N1CC(=O)Nc2ccccc21. The largest absolute Gasteiger partial charge is 0.331 e. The lowest BCUT2D eigenvalue weighted by Gasteiger charge is -2.55. The highest BCUT2D eigenvalue weighted by molar-refractivity contribution is 6.10. The van der Waals surface area contributed by atoms with Gasteiger partial charge in [-0.15, -0.1) is 0 Å². The molecule has 5 aliphatic rings. The topological polar surface area (TPSA) is 66.0 Å². The van der Waals surface area contributed by atoms with E-state index in [9.17, 15) is 9.59 Å². The smallest absolute Gasteiger partial charge is 0.285 e. The fourth-order valence-corrected chi connectivity index (χ4v) is 6.66. The van der Waals surface area contributed by atoms with E-state index in [4.69, 9.17) is 0 Å². The zero-order valence-electron chi connectivity index (χ0n) is 15.4. The molecule has 0 unspecified atom stereocenters. The van der Waals surface area contributed by atoms with Crippen LogP contribution in [-0.4, -0.2) is 29.9 Å². The average Bonchev–Trinajstić information content (AvgIpc) is 2.58. The summed E-state index contributed by atoms with van der Waals surface area (Å²) in [5, 5.41) is 5.24. The number of fused-ring (bicyclic) bond motifs is 1. The van der Waals surface area contributed by atoms with Crippen molar-refractivity contribution in [1.29, 1.82) is 0 Å². The van der Waals surface area contributed by atoms with Gasteiger partial charge in [0.2, 0.25) is 5.91 Å². The van der Waals surface area contributed by atoms with Crippen molar-refractivity contribution in [2.24, 2.45) is 17.8 Å². The van der Waals surface area contributed by atoms with Gasteiger partial charge >= 0.3 is 0 Å². The molecular formula is C21H28N3O2+. The first-order chi connectivity index (χ1) is 12.5. The van der Waals surface area contributed by atoms with Crippen molar-refractivity contribution in [1.82, 2.24) is 0 Å². The lowest BCUT2D eigenvalue weighted by Crippen LogP contribution is -3.04. The molecule has 1 aliphatic heterocycles. The average molecular weight is 354 g/mol. The minimum Gasteiger partial charge on any atom is -0.331 e. The standard InChI is InChI=1S/C21H27N3O2/c1-13(23-21-9-14-6-15(10-21)8-16(7-14)11-21)20(26)24-12-19(25)22-17-4-2-3-5-18(17)24/h2-5,13-16,23H,6-12H2,1H3,(H,22,25)/p+1/t13-,14?,15?,16?,21?/m0/s1. The molecule has 2 amide bonds. The van der Waals surface area contributed by atoms with E-state index in [0.717, 1.165) is 29.1 Å². The van der Waals surface area contributed by atoms with Gasteiger partial charge in [-0.2, -0.15) is 0 Å². The van der Waals surface area contributed by atoms with Crippen LogP contribution < -0.4 is 15.5 Å². The van der Waals surface area contributed by atoms with Crippen LogP contribution in [-0.2, 0) is 9.59 Å². The summed E-state index contributed by atoms with van der Waals surface area (Å²) in [5.74, 6) is 2.57. The lowest BCUT2D eigenvalue weighted by molar-refractivity contribution is -0.754. The summed E-state index contributed by atoms with van der Waals surface area (Å²) in [6, 6.07) is 7.44. The van der Waals surface area contributed by atoms with Gasteiger partial charge in [0.1, 0.15) is 6.54 Å². The highest BCUT2D eigenvalue weighted by Crippen LogP contribution is 2.54. The second kappa shape index (κ2) is 5.81.